The van der Waals surface area contributed by atoms with Gasteiger partial charge in [0.25, 0.3) is 0 Å². The van der Waals surface area contributed by atoms with Gasteiger partial charge in [-0.25, -0.2) is 0 Å². The van der Waals surface area contributed by atoms with Crippen molar-refractivity contribution in [3.63, 3.8) is 0 Å². The van der Waals surface area contributed by atoms with Crippen LogP contribution in [0.3, 0.4) is 0 Å². The van der Waals surface area contributed by atoms with E-state index in [2.05, 4.69) is 0 Å². The van der Waals surface area contributed by atoms with Crippen LogP contribution in [0.4, 0.5) is 13.2 Å². The normalized spacial score (nSPS) is 32.8. The summed E-state index contributed by atoms with van der Waals surface area (Å²) in [5, 5.41) is 0. The smallest absolute Gasteiger partial charge is 0.327 e. The highest BCUT2D eigenvalue weighted by atomic mass is 19.4. The Morgan fingerprint density at radius 1 is 1.38 bits per heavy atom. The van der Waals surface area contributed by atoms with E-state index in [0.717, 1.165) is 6.42 Å². The van der Waals surface area contributed by atoms with Crippen LogP contribution in [0.2, 0.25) is 0 Å². The van der Waals surface area contributed by atoms with Crippen LogP contribution in [0.1, 0.15) is 33.1 Å². The van der Waals surface area contributed by atoms with Gasteiger partial charge in [0.1, 0.15) is 0 Å². The van der Waals surface area contributed by atoms with Gasteiger partial charge in [0.2, 0.25) is 0 Å². The zero-order chi connectivity index (χ0) is 10.3. The second kappa shape index (κ2) is 3.15. The van der Waals surface area contributed by atoms with Gasteiger partial charge in [-0.05, 0) is 24.2 Å². The summed E-state index contributed by atoms with van der Waals surface area (Å²) in [7, 11) is 0. The van der Waals surface area contributed by atoms with Gasteiger partial charge in [-0.2, -0.15) is 13.2 Å². The Bertz CT molecular complexity index is 186. The maximum atomic E-state index is 11.9. The topological polar surface area (TPSA) is 26.0 Å². The van der Waals surface area contributed by atoms with Crippen LogP contribution in [-0.4, -0.2) is 12.2 Å². The van der Waals surface area contributed by atoms with Crippen LogP contribution in [0.5, 0.6) is 0 Å². The van der Waals surface area contributed by atoms with Gasteiger partial charge in [-0.1, -0.05) is 13.8 Å². The molecule has 0 amide bonds. The van der Waals surface area contributed by atoms with Gasteiger partial charge < -0.3 is 5.73 Å². The van der Waals surface area contributed by atoms with E-state index >= 15 is 0 Å². The summed E-state index contributed by atoms with van der Waals surface area (Å²) in [5.74, 6) is 0.143. The third-order valence-corrected chi connectivity index (χ3v) is 3.32. The Morgan fingerprint density at radius 2 is 1.92 bits per heavy atom. The van der Waals surface area contributed by atoms with Crippen LogP contribution in [-0.2, 0) is 0 Å². The van der Waals surface area contributed by atoms with Crippen molar-refractivity contribution in [2.45, 2.75) is 45.3 Å². The molecule has 2 atom stereocenters. The lowest BCUT2D eigenvalue weighted by Gasteiger charge is -2.50. The van der Waals surface area contributed by atoms with E-state index in [1.54, 1.807) is 0 Å². The average molecular weight is 195 g/mol. The van der Waals surface area contributed by atoms with Crippen molar-refractivity contribution in [3.8, 4) is 0 Å². The number of hydrogen-bond acceptors (Lipinski definition) is 1. The number of hydrogen-bond donors (Lipinski definition) is 1. The number of halogens is 3. The zero-order valence-corrected chi connectivity index (χ0v) is 7.99. The van der Waals surface area contributed by atoms with Crippen molar-refractivity contribution in [1.29, 1.82) is 0 Å². The molecule has 4 heteroatoms. The van der Waals surface area contributed by atoms with Crippen LogP contribution < -0.4 is 5.73 Å². The van der Waals surface area contributed by atoms with Crippen molar-refractivity contribution in [2.24, 2.45) is 17.1 Å². The quantitative estimate of drug-likeness (QED) is 0.720. The highest BCUT2D eigenvalue weighted by Gasteiger charge is 2.46. The summed E-state index contributed by atoms with van der Waals surface area (Å²) in [6.07, 6.45) is -3.73. The van der Waals surface area contributed by atoms with Crippen LogP contribution in [0, 0.1) is 11.3 Å². The molecule has 0 aromatic heterocycles. The second-order valence-electron chi connectivity index (χ2n) is 4.51. The Kier molecular flexibility index (Phi) is 2.63. The number of alkyl halides is 3. The molecule has 2 unspecified atom stereocenters. The maximum absolute atomic E-state index is 11.9. The van der Waals surface area contributed by atoms with E-state index in [1.165, 1.54) is 0 Å². The van der Waals surface area contributed by atoms with E-state index in [0.29, 0.717) is 0 Å². The predicted molar refractivity (Wildman–Crippen MR) is 45.2 cm³/mol. The van der Waals surface area contributed by atoms with Crippen molar-refractivity contribution >= 4 is 0 Å². The first kappa shape index (κ1) is 10.8. The molecule has 2 N–H and O–H groups in total. The Morgan fingerprint density at radius 3 is 2.23 bits per heavy atom. The lowest BCUT2D eigenvalue weighted by Crippen LogP contribution is -2.54. The van der Waals surface area contributed by atoms with Gasteiger partial charge in [-0.15, -0.1) is 0 Å². The molecular formula is C9H16F3N. The summed E-state index contributed by atoms with van der Waals surface area (Å²) in [4.78, 5) is 0. The highest BCUT2D eigenvalue weighted by molar-refractivity contribution is 4.99. The van der Waals surface area contributed by atoms with E-state index in [9.17, 15) is 13.2 Å². The van der Waals surface area contributed by atoms with E-state index in [-0.39, 0.29) is 23.8 Å². The minimum Gasteiger partial charge on any atom is -0.327 e. The third-order valence-electron chi connectivity index (χ3n) is 3.32. The fraction of sp³-hybridized carbons (Fsp3) is 1.00. The number of nitrogens with two attached hydrogens (primary N) is 1. The molecule has 13 heavy (non-hydrogen) atoms. The van der Waals surface area contributed by atoms with E-state index in [1.807, 2.05) is 13.8 Å². The largest absolute Gasteiger partial charge is 0.389 e. The minimum atomic E-state index is -4.02. The molecule has 0 spiro atoms. The zero-order valence-electron chi connectivity index (χ0n) is 7.99. The molecule has 1 aliphatic carbocycles. The lowest BCUT2D eigenvalue weighted by atomic mass is 9.57. The Labute approximate surface area is 76.5 Å². The maximum Gasteiger partial charge on any atom is 0.389 e. The van der Waals surface area contributed by atoms with Crippen LogP contribution in [0.15, 0.2) is 0 Å². The third kappa shape index (κ3) is 2.36. The molecule has 1 aliphatic rings. The highest BCUT2D eigenvalue weighted by Crippen LogP contribution is 2.48. The first-order valence-electron chi connectivity index (χ1n) is 4.56. The predicted octanol–water partition coefficient (Wildman–Crippen LogP) is 2.70. The fourth-order valence-corrected chi connectivity index (χ4v) is 1.88. The van der Waals surface area contributed by atoms with Gasteiger partial charge >= 0.3 is 6.18 Å². The fourth-order valence-electron chi connectivity index (χ4n) is 1.88. The van der Waals surface area contributed by atoms with Crippen molar-refractivity contribution in [3.05, 3.63) is 0 Å². The summed E-state index contributed by atoms with van der Waals surface area (Å²) in [6, 6.07) is 0.0748. The lowest BCUT2D eigenvalue weighted by molar-refractivity contribution is -0.144. The number of rotatable bonds is 2. The summed E-state index contributed by atoms with van der Waals surface area (Å²) in [5.41, 5.74) is 5.60. The molecule has 78 valence electrons. The van der Waals surface area contributed by atoms with Gasteiger partial charge in [0.05, 0.1) is 0 Å². The minimum absolute atomic E-state index is 0.0748. The second-order valence-corrected chi connectivity index (χ2v) is 4.51. The van der Waals surface area contributed by atoms with Crippen LogP contribution >= 0.6 is 0 Å². The Balaban J connectivity index is 2.33. The molecule has 0 aromatic rings. The first-order chi connectivity index (χ1) is 5.73. The molecule has 0 bridgehead atoms. The molecule has 0 aromatic carbocycles. The standard InChI is InChI=1S/C9H16F3N/c1-8(2)6(5-7(8)13)3-4-9(10,11)12/h6-7H,3-5,13H2,1-2H3. The summed E-state index contributed by atoms with van der Waals surface area (Å²) in [6.45, 7) is 3.89. The SMILES string of the molecule is CC1(C)C(N)CC1CCC(F)(F)F. The average Bonchev–Trinajstić information content (AvgIpc) is 1.95. The molecule has 1 saturated carbocycles. The molecule has 0 radical (unpaired) electrons. The molecule has 1 fully saturated rings. The van der Waals surface area contributed by atoms with E-state index < -0.39 is 12.6 Å². The van der Waals surface area contributed by atoms with E-state index in [4.69, 9.17) is 5.73 Å². The molecule has 0 aliphatic heterocycles. The van der Waals surface area contributed by atoms with Gasteiger partial charge in [-0.3, -0.25) is 0 Å². The monoisotopic (exact) mass is 195 g/mol. The van der Waals surface area contributed by atoms with Crippen LogP contribution in [0.25, 0.3) is 0 Å². The van der Waals surface area contributed by atoms with Gasteiger partial charge in [0.15, 0.2) is 0 Å². The molecule has 1 rings (SSSR count). The van der Waals surface area contributed by atoms with Gasteiger partial charge in [0, 0.05) is 12.5 Å². The Hall–Kier alpha value is -0.250. The molecular weight excluding hydrogens is 179 g/mol. The van der Waals surface area contributed by atoms with Crippen molar-refractivity contribution in [1.82, 2.24) is 0 Å². The molecule has 1 nitrogen and oxygen atoms in total. The summed E-state index contributed by atoms with van der Waals surface area (Å²) < 4.78 is 35.7. The van der Waals surface area contributed by atoms with Crippen molar-refractivity contribution in [2.75, 3.05) is 0 Å². The first-order valence-corrected chi connectivity index (χ1v) is 4.56. The van der Waals surface area contributed by atoms with Crippen molar-refractivity contribution < 1.29 is 13.2 Å². The molecule has 0 heterocycles. The molecule has 0 saturated heterocycles. The summed E-state index contributed by atoms with van der Waals surface area (Å²) >= 11 is 0.